The van der Waals surface area contributed by atoms with Crippen LogP contribution in [0.25, 0.3) is 6.08 Å². The first-order valence-corrected chi connectivity index (χ1v) is 9.72. The molecule has 3 rings (SSSR count). The fourth-order valence-corrected chi connectivity index (χ4v) is 3.55. The molecule has 148 valence electrons. The molecule has 0 bridgehead atoms. The number of nitrogens with zero attached hydrogens (tertiary/aromatic N) is 1. The molecule has 0 atom stereocenters. The second-order valence-corrected chi connectivity index (χ2v) is 7.02. The van der Waals surface area contributed by atoms with E-state index in [0.717, 1.165) is 17.3 Å². The maximum atomic E-state index is 12.6. The number of carbonyl (C=O) groups is 2. The van der Waals surface area contributed by atoms with Gasteiger partial charge in [-0.15, -0.1) is 0 Å². The topological polar surface area (TPSA) is 89.1 Å². The molecule has 1 aromatic heterocycles. The molecule has 1 amide bonds. The van der Waals surface area contributed by atoms with Crippen molar-refractivity contribution in [3.63, 3.8) is 0 Å². The summed E-state index contributed by atoms with van der Waals surface area (Å²) in [6, 6.07) is 10.6. The Hall–Kier alpha value is -3.32. The highest BCUT2D eigenvalue weighted by molar-refractivity contribution is 8.18. The number of ether oxygens (including phenoxy) is 1. The summed E-state index contributed by atoms with van der Waals surface area (Å²) in [6.45, 7) is 3.60. The number of hydrogen-bond donors (Lipinski definition) is 1. The summed E-state index contributed by atoms with van der Waals surface area (Å²) in [6.07, 6.45) is 6.54. The Bertz CT molecular complexity index is 1040. The fraction of sp³-hybridized carbons (Fsp3) is 0.136. The average molecular weight is 409 g/mol. The van der Waals surface area contributed by atoms with E-state index in [1.54, 1.807) is 68.7 Å². The molecule has 1 aliphatic heterocycles. The summed E-state index contributed by atoms with van der Waals surface area (Å²) < 4.78 is 10.2. The van der Waals surface area contributed by atoms with Crippen molar-refractivity contribution >= 4 is 34.8 Å². The molecule has 2 heterocycles. The molecule has 0 saturated carbocycles. The minimum atomic E-state index is -0.729. The van der Waals surface area contributed by atoms with Crippen molar-refractivity contribution in [2.24, 2.45) is 4.99 Å². The third-order valence-corrected chi connectivity index (χ3v) is 5.04. The number of aryl methyl sites for hydroxylation is 1. The zero-order chi connectivity index (χ0) is 20.8. The van der Waals surface area contributed by atoms with Gasteiger partial charge >= 0.3 is 5.97 Å². The molecule has 0 saturated heterocycles. The number of carbonyl (C=O) groups excluding carboxylic acids is 2. The van der Waals surface area contributed by atoms with Crippen molar-refractivity contribution in [1.29, 1.82) is 0 Å². The molecule has 0 radical (unpaired) electrons. The molecule has 1 aliphatic rings. The number of hydrogen-bond acceptors (Lipinski definition) is 6. The summed E-state index contributed by atoms with van der Waals surface area (Å²) in [7, 11) is 0. The zero-order valence-corrected chi connectivity index (χ0v) is 16.7. The zero-order valence-electron chi connectivity index (χ0n) is 15.9. The monoisotopic (exact) mass is 409 g/mol. The first-order valence-electron chi connectivity index (χ1n) is 8.90. The molecule has 7 heteroatoms. The molecule has 6 nitrogen and oxygen atoms in total. The molecular formula is C22H19NO5S. The number of aliphatic hydroxyl groups excluding tert-OH is 1. The van der Waals surface area contributed by atoms with Crippen molar-refractivity contribution < 1.29 is 23.8 Å². The second kappa shape index (κ2) is 9.25. The van der Waals surface area contributed by atoms with Crippen LogP contribution in [-0.4, -0.2) is 28.6 Å². The Morgan fingerprint density at radius 1 is 1.24 bits per heavy atom. The Morgan fingerprint density at radius 3 is 2.72 bits per heavy atom. The van der Waals surface area contributed by atoms with Crippen LogP contribution in [-0.2, 0) is 9.53 Å². The quantitative estimate of drug-likeness (QED) is 0.711. The summed E-state index contributed by atoms with van der Waals surface area (Å²) in [5.41, 5.74) is 1.09. The second-order valence-electron chi connectivity index (χ2n) is 5.99. The lowest BCUT2D eigenvalue weighted by Gasteiger charge is -2.04. The highest BCUT2D eigenvalue weighted by atomic mass is 32.2. The van der Waals surface area contributed by atoms with E-state index in [1.165, 1.54) is 0 Å². The number of aliphatic imine (C=N–C) groups is 1. The predicted molar refractivity (Wildman–Crippen MR) is 113 cm³/mol. The van der Waals surface area contributed by atoms with Crippen molar-refractivity contribution in [1.82, 2.24) is 0 Å². The lowest BCUT2D eigenvalue weighted by atomic mass is 10.1. The van der Waals surface area contributed by atoms with Gasteiger partial charge in [-0.3, -0.25) is 4.79 Å². The van der Waals surface area contributed by atoms with Gasteiger partial charge < -0.3 is 14.3 Å². The third-order valence-electron chi connectivity index (χ3n) is 4.00. The van der Waals surface area contributed by atoms with Gasteiger partial charge in [0.1, 0.15) is 22.1 Å². The van der Waals surface area contributed by atoms with E-state index >= 15 is 0 Å². The first-order chi connectivity index (χ1) is 14.0. The normalized spacial score (nSPS) is 16.9. The number of amides is 1. The molecule has 29 heavy (non-hydrogen) atoms. The van der Waals surface area contributed by atoms with Crippen LogP contribution in [0.3, 0.4) is 0 Å². The molecule has 1 aromatic carbocycles. The number of rotatable bonds is 5. The van der Waals surface area contributed by atoms with Crippen LogP contribution >= 0.6 is 11.8 Å². The lowest BCUT2D eigenvalue weighted by molar-refractivity contribution is -0.138. The number of aliphatic hydroxyl groups is 1. The average Bonchev–Trinajstić information content (AvgIpc) is 3.31. The smallest absolute Gasteiger partial charge is 0.344 e. The SMILES string of the molecule is CCOC(=O)C1=C(O)/C(=C/C=C/c2ccco2)SC1=NC(=O)c1ccccc1C. The first kappa shape index (κ1) is 20.4. The Balaban J connectivity index is 1.94. The summed E-state index contributed by atoms with van der Waals surface area (Å²) in [5, 5.41) is 10.7. The van der Waals surface area contributed by atoms with E-state index in [1.807, 2.05) is 6.07 Å². The molecule has 0 fully saturated rings. The minimum Gasteiger partial charge on any atom is -0.506 e. The van der Waals surface area contributed by atoms with E-state index in [2.05, 4.69) is 4.99 Å². The Kier molecular flexibility index (Phi) is 6.51. The van der Waals surface area contributed by atoms with Crippen LogP contribution in [0, 0.1) is 6.92 Å². The van der Waals surface area contributed by atoms with Crippen LogP contribution in [0.2, 0.25) is 0 Å². The van der Waals surface area contributed by atoms with E-state index in [4.69, 9.17) is 9.15 Å². The van der Waals surface area contributed by atoms with Gasteiger partial charge in [-0.1, -0.05) is 36.0 Å². The number of allylic oxidation sites excluding steroid dienone is 2. The largest absolute Gasteiger partial charge is 0.506 e. The number of benzene rings is 1. The van der Waals surface area contributed by atoms with Gasteiger partial charge in [0.15, 0.2) is 0 Å². The standard InChI is InChI=1S/C22H19NO5S/c1-3-27-22(26)18-19(24)17(12-6-9-15-10-7-13-28-15)29-21(18)23-20(25)16-11-5-4-8-14(16)2/h4-13,24H,3H2,1-2H3/b9-6+,17-12-,23-21?. The van der Waals surface area contributed by atoms with Gasteiger partial charge in [0, 0.05) is 5.56 Å². The van der Waals surface area contributed by atoms with Gasteiger partial charge in [0.2, 0.25) is 0 Å². The Morgan fingerprint density at radius 2 is 2.03 bits per heavy atom. The van der Waals surface area contributed by atoms with E-state index in [0.29, 0.717) is 16.2 Å². The van der Waals surface area contributed by atoms with E-state index < -0.39 is 11.9 Å². The fourth-order valence-electron chi connectivity index (χ4n) is 2.59. The maximum Gasteiger partial charge on any atom is 0.344 e. The summed E-state index contributed by atoms with van der Waals surface area (Å²) in [5.74, 6) is -0.851. The van der Waals surface area contributed by atoms with Gasteiger partial charge in [0.05, 0.1) is 17.8 Å². The maximum absolute atomic E-state index is 12.6. The van der Waals surface area contributed by atoms with Crippen LogP contribution in [0.4, 0.5) is 0 Å². The highest BCUT2D eigenvalue weighted by Crippen LogP contribution is 2.38. The van der Waals surface area contributed by atoms with E-state index in [-0.39, 0.29) is 23.0 Å². The van der Waals surface area contributed by atoms with Gasteiger partial charge in [-0.05, 0) is 49.8 Å². The molecule has 0 aliphatic carbocycles. The van der Waals surface area contributed by atoms with Crippen LogP contribution in [0.5, 0.6) is 0 Å². The van der Waals surface area contributed by atoms with Crippen LogP contribution < -0.4 is 0 Å². The van der Waals surface area contributed by atoms with Crippen LogP contribution in [0.15, 0.2) is 80.5 Å². The summed E-state index contributed by atoms with van der Waals surface area (Å²) in [4.78, 5) is 29.4. The van der Waals surface area contributed by atoms with E-state index in [9.17, 15) is 14.7 Å². The Labute approximate surface area is 172 Å². The van der Waals surface area contributed by atoms with Crippen molar-refractivity contribution in [3.8, 4) is 0 Å². The molecular weight excluding hydrogens is 390 g/mol. The molecule has 2 aromatic rings. The molecule has 0 spiro atoms. The van der Waals surface area contributed by atoms with Gasteiger partial charge in [-0.2, -0.15) is 0 Å². The highest BCUT2D eigenvalue weighted by Gasteiger charge is 2.33. The molecule has 0 unspecified atom stereocenters. The van der Waals surface area contributed by atoms with Gasteiger partial charge in [-0.25, -0.2) is 9.79 Å². The number of furan rings is 1. The minimum absolute atomic E-state index is 0.104. The van der Waals surface area contributed by atoms with Crippen molar-refractivity contribution in [3.05, 3.63) is 87.9 Å². The van der Waals surface area contributed by atoms with Crippen molar-refractivity contribution in [2.45, 2.75) is 13.8 Å². The van der Waals surface area contributed by atoms with Gasteiger partial charge in [0.25, 0.3) is 5.91 Å². The van der Waals surface area contributed by atoms with Crippen LogP contribution in [0.1, 0.15) is 28.6 Å². The lowest BCUT2D eigenvalue weighted by Crippen LogP contribution is -2.14. The third kappa shape index (κ3) is 4.75. The molecule has 1 N–H and O–H groups in total. The summed E-state index contributed by atoms with van der Waals surface area (Å²) >= 11 is 1.03. The number of esters is 1. The number of thioether (sulfide) groups is 1. The predicted octanol–water partition coefficient (Wildman–Crippen LogP) is 4.85. The van der Waals surface area contributed by atoms with Crippen molar-refractivity contribution in [2.75, 3.05) is 6.61 Å².